The Kier molecular flexibility index (Phi) is 6.51. The summed E-state index contributed by atoms with van der Waals surface area (Å²) in [6.07, 6.45) is 1.33. The van der Waals surface area contributed by atoms with Gasteiger partial charge < -0.3 is 10.3 Å². The lowest BCUT2D eigenvalue weighted by atomic mass is 10.2. The molecule has 0 heterocycles. The molecule has 27 heavy (non-hydrogen) atoms. The number of benzene rings is 2. The first-order chi connectivity index (χ1) is 12.8. The lowest BCUT2D eigenvalue weighted by Crippen LogP contribution is -2.37. The molecule has 2 amide bonds. The highest BCUT2D eigenvalue weighted by molar-refractivity contribution is 6.33. The van der Waals surface area contributed by atoms with E-state index in [2.05, 4.69) is 10.9 Å². The predicted octanol–water partition coefficient (Wildman–Crippen LogP) is 3.05. The second-order valence-electron chi connectivity index (χ2n) is 5.56. The number of hydrazine groups is 1. The summed E-state index contributed by atoms with van der Waals surface area (Å²) in [5.74, 6) is -0.831. The van der Waals surface area contributed by atoms with Crippen molar-refractivity contribution in [3.05, 3.63) is 81.0 Å². The monoisotopic (exact) mass is 388 g/mol. The molecule has 0 fully saturated rings. The number of para-hydroxylation sites is 1. The minimum absolute atomic E-state index is 0.138. The van der Waals surface area contributed by atoms with Crippen LogP contribution in [-0.4, -0.2) is 23.8 Å². The fourth-order valence-electron chi connectivity index (χ4n) is 2.12. The largest absolute Gasteiger partial charge is 0.312 e. The van der Waals surface area contributed by atoms with Crippen LogP contribution in [0, 0.1) is 10.1 Å². The molecule has 0 saturated carbocycles. The van der Waals surface area contributed by atoms with Crippen LogP contribution in [0.3, 0.4) is 0 Å². The van der Waals surface area contributed by atoms with Crippen molar-refractivity contribution in [1.82, 2.24) is 10.9 Å². The van der Waals surface area contributed by atoms with Gasteiger partial charge in [-0.15, -0.1) is 0 Å². The molecular weight excluding hydrogens is 372 g/mol. The number of halogens is 1. The number of nitrogens with one attached hydrogen (secondary N) is 2. The first-order valence-corrected chi connectivity index (χ1v) is 8.18. The van der Waals surface area contributed by atoms with E-state index in [1.165, 1.54) is 23.1 Å². The molecule has 0 saturated heterocycles. The summed E-state index contributed by atoms with van der Waals surface area (Å²) >= 11 is 5.79. The summed E-state index contributed by atoms with van der Waals surface area (Å²) in [5, 5.41) is 10.6. The van der Waals surface area contributed by atoms with Gasteiger partial charge in [-0.05, 0) is 31.2 Å². The summed E-state index contributed by atoms with van der Waals surface area (Å²) < 4.78 is 0. The number of nitrogens with zero attached hydrogens (tertiary/aromatic N) is 2. The van der Waals surface area contributed by atoms with Gasteiger partial charge in [0.2, 0.25) is 0 Å². The van der Waals surface area contributed by atoms with Crippen LogP contribution in [-0.2, 0) is 4.79 Å². The molecule has 0 aliphatic carbocycles. The molecule has 0 atom stereocenters. The second-order valence-corrected chi connectivity index (χ2v) is 5.97. The van der Waals surface area contributed by atoms with E-state index in [4.69, 9.17) is 11.6 Å². The normalized spacial score (nSPS) is 10.9. The fourth-order valence-corrected chi connectivity index (χ4v) is 2.37. The van der Waals surface area contributed by atoms with E-state index in [0.29, 0.717) is 5.70 Å². The quantitative estimate of drug-likeness (QED) is 0.449. The minimum atomic E-state index is -0.635. The lowest BCUT2D eigenvalue weighted by molar-refractivity contribution is -0.384. The number of anilines is 1. The molecule has 2 aromatic carbocycles. The number of carbonyl (C=O) groups excluding carboxylic acids is 2. The molecule has 0 aliphatic heterocycles. The van der Waals surface area contributed by atoms with Crippen LogP contribution >= 0.6 is 11.6 Å². The zero-order valence-corrected chi connectivity index (χ0v) is 15.4. The third-order valence-corrected chi connectivity index (χ3v) is 3.90. The van der Waals surface area contributed by atoms with Crippen molar-refractivity contribution < 1.29 is 14.5 Å². The van der Waals surface area contributed by atoms with Crippen molar-refractivity contribution in [2.24, 2.45) is 0 Å². The molecule has 0 spiro atoms. The van der Waals surface area contributed by atoms with Crippen molar-refractivity contribution in [3.63, 3.8) is 0 Å². The standard InChI is InChI=1S/C18H17ClN4O4/c1-12(10-17(24)22(2)14-6-4-3-5-7-14)20-21-18(25)13-8-9-16(23(26)27)15(19)11-13/h3-11,20H,1-2H3,(H,21,25)/b12-10+. The maximum Gasteiger partial charge on any atom is 0.287 e. The van der Waals surface area contributed by atoms with E-state index in [-0.39, 0.29) is 22.2 Å². The van der Waals surface area contributed by atoms with Gasteiger partial charge in [0, 0.05) is 36.1 Å². The van der Waals surface area contributed by atoms with Gasteiger partial charge in [-0.1, -0.05) is 29.8 Å². The highest BCUT2D eigenvalue weighted by Gasteiger charge is 2.15. The molecule has 2 N–H and O–H groups in total. The fraction of sp³-hybridized carbons (Fsp3) is 0.111. The Morgan fingerprint density at radius 1 is 1.15 bits per heavy atom. The third kappa shape index (κ3) is 5.29. The van der Waals surface area contributed by atoms with Crippen molar-refractivity contribution in [1.29, 1.82) is 0 Å². The van der Waals surface area contributed by atoms with Crippen molar-refractivity contribution >= 4 is 34.8 Å². The molecule has 8 nitrogen and oxygen atoms in total. The van der Waals surface area contributed by atoms with Gasteiger partial charge in [0.25, 0.3) is 17.5 Å². The highest BCUT2D eigenvalue weighted by Crippen LogP contribution is 2.24. The van der Waals surface area contributed by atoms with Crippen LogP contribution in [0.2, 0.25) is 5.02 Å². The average molecular weight is 389 g/mol. The van der Waals surface area contributed by atoms with Gasteiger partial charge in [0.15, 0.2) is 0 Å². The smallest absolute Gasteiger partial charge is 0.287 e. The Bertz CT molecular complexity index is 899. The number of hydrogen-bond acceptors (Lipinski definition) is 5. The van der Waals surface area contributed by atoms with E-state index >= 15 is 0 Å². The Morgan fingerprint density at radius 3 is 2.41 bits per heavy atom. The summed E-state index contributed by atoms with van der Waals surface area (Å²) in [4.78, 5) is 35.9. The topological polar surface area (TPSA) is 105 Å². The summed E-state index contributed by atoms with van der Waals surface area (Å²) in [7, 11) is 1.64. The first kappa shape index (κ1) is 19.9. The zero-order chi connectivity index (χ0) is 20.0. The Balaban J connectivity index is 1.98. The Hall–Kier alpha value is -3.39. The van der Waals surface area contributed by atoms with Gasteiger partial charge in [-0.2, -0.15) is 0 Å². The van der Waals surface area contributed by atoms with E-state index in [0.717, 1.165) is 11.8 Å². The number of allylic oxidation sites excluding steroid dienone is 1. The first-order valence-electron chi connectivity index (χ1n) is 7.81. The van der Waals surface area contributed by atoms with E-state index < -0.39 is 10.8 Å². The summed E-state index contributed by atoms with van der Waals surface area (Å²) in [5.41, 5.74) is 6.01. The number of carbonyl (C=O) groups is 2. The van der Waals surface area contributed by atoms with Gasteiger partial charge in [0.05, 0.1) is 4.92 Å². The van der Waals surface area contributed by atoms with E-state index in [1.807, 2.05) is 18.2 Å². The van der Waals surface area contributed by atoms with Gasteiger partial charge in [0.1, 0.15) is 5.02 Å². The number of hydrogen-bond donors (Lipinski definition) is 2. The van der Waals surface area contributed by atoms with Crippen molar-refractivity contribution in [2.75, 3.05) is 11.9 Å². The van der Waals surface area contributed by atoms with Crippen LogP contribution in [0.5, 0.6) is 0 Å². The molecular formula is C18H17ClN4O4. The molecule has 140 valence electrons. The van der Waals surface area contributed by atoms with Crippen molar-refractivity contribution in [2.45, 2.75) is 6.92 Å². The van der Waals surface area contributed by atoms with Crippen LogP contribution in [0.4, 0.5) is 11.4 Å². The van der Waals surface area contributed by atoms with Crippen molar-refractivity contribution in [3.8, 4) is 0 Å². The molecule has 0 unspecified atom stereocenters. The highest BCUT2D eigenvalue weighted by atomic mass is 35.5. The van der Waals surface area contributed by atoms with Crippen LogP contribution in [0.1, 0.15) is 17.3 Å². The number of nitro benzene ring substituents is 1. The third-order valence-electron chi connectivity index (χ3n) is 3.59. The maximum atomic E-state index is 12.2. The van der Waals surface area contributed by atoms with Gasteiger partial charge >= 0.3 is 0 Å². The predicted molar refractivity (Wildman–Crippen MR) is 102 cm³/mol. The molecule has 0 radical (unpaired) electrons. The van der Waals surface area contributed by atoms with Crippen LogP contribution in [0.15, 0.2) is 60.3 Å². The number of amides is 2. The van der Waals surface area contributed by atoms with Gasteiger partial charge in [-0.25, -0.2) is 0 Å². The lowest BCUT2D eigenvalue weighted by Gasteiger charge is -2.16. The molecule has 0 aromatic heterocycles. The van der Waals surface area contributed by atoms with Gasteiger partial charge in [-0.3, -0.25) is 25.1 Å². The number of rotatable bonds is 6. The Morgan fingerprint density at radius 2 is 1.81 bits per heavy atom. The van der Waals surface area contributed by atoms with Crippen LogP contribution < -0.4 is 15.8 Å². The maximum absolute atomic E-state index is 12.2. The molecule has 2 rings (SSSR count). The summed E-state index contributed by atoms with van der Waals surface area (Å²) in [6.45, 7) is 1.61. The SMILES string of the molecule is C/C(=C\C(=O)N(C)c1ccccc1)NNC(=O)c1ccc([N+](=O)[O-])c(Cl)c1. The number of likely N-dealkylation sites (N-methyl/N-ethyl adjacent to an activating group) is 1. The second kappa shape index (κ2) is 8.81. The van der Waals surface area contributed by atoms with Crippen LogP contribution in [0.25, 0.3) is 0 Å². The zero-order valence-electron chi connectivity index (χ0n) is 14.6. The molecule has 9 heteroatoms. The van der Waals surface area contributed by atoms with E-state index in [9.17, 15) is 19.7 Å². The minimum Gasteiger partial charge on any atom is -0.312 e. The summed E-state index contributed by atoms with van der Waals surface area (Å²) in [6, 6.07) is 12.7. The molecule has 2 aromatic rings. The molecule has 0 bridgehead atoms. The Labute approximate surface area is 160 Å². The molecule has 0 aliphatic rings. The van der Waals surface area contributed by atoms with E-state index in [1.54, 1.807) is 26.1 Å². The average Bonchev–Trinajstić information content (AvgIpc) is 2.65. The number of nitro groups is 1.